The average Bonchev–Trinajstić information content (AvgIpc) is 3.57. The minimum atomic E-state index is -0.302. The van der Waals surface area contributed by atoms with Gasteiger partial charge in [-0.3, -0.25) is 24.6 Å². The molecule has 4 aromatic carbocycles. The number of hydrogen-bond acceptors (Lipinski definition) is 8. The maximum Gasteiger partial charge on any atom is 0.252 e. The number of amides is 3. The van der Waals surface area contributed by atoms with Gasteiger partial charge in [-0.2, -0.15) is 0 Å². The molecular formula is C44H48FN5O5. The SMILES string of the molecule is O=C1CCCC(=O)N1.O=C1NCc2cc(N3CCN(CC4CCN(c5ccc([C@@H]6c7ccc(O)cc7OCC6c6ccccc6)cc5)CC4)CC3)c(F)cc21. The lowest BCUT2D eigenvalue weighted by Crippen LogP contribution is -2.49. The highest BCUT2D eigenvalue weighted by Crippen LogP contribution is 2.47. The molecule has 10 nitrogen and oxygen atoms in total. The first-order chi connectivity index (χ1) is 26.8. The van der Waals surface area contributed by atoms with Gasteiger partial charge < -0.3 is 25.0 Å². The first-order valence-corrected chi connectivity index (χ1v) is 19.5. The second kappa shape index (κ2) is 16.1. The number of nitrogens with one attached hydrogen (secondary N) is 2. The maximum atomic E-state index is 14.9. The number of piperazine rings is 1. The monoisotopic (exact) mass is 745 g/mol. The van der Waals surface area contributed by atoms with E-state index >= 15 is 0 Å². The molecule has 2 atom stereocenters. The van der Waals surface area contributed by atoms with Gasteiger partial charge in [0.25, 0.3) is 5.91 Å². The van der Waals surface area contributed by atoms with Crippen LogP contribution < -0.4 is 25.2 Å². The predicted octanol–water partition coefficient (Wildman–Crippen LogP) is 5.93. The summed E-state index contributed by atoms with van der Waals surface area (Å²) in [5.74, 6) is 1.22. The Kier molecular flexibility index (Phi) is 10.7. The Morgan fingerprint density at radius 2 is 1.51 bits per heavy atom. The van der Waals surface area contributed by atoms with E-state index in [9.17, 15) is 23.9 Å². The van der Waals surface area contributed by atoms with E-state index in [-0.39, 0.29) is 41.1 Å². The van der Waals surface area contributed by atoms with E-state index in [0.29, 0.717) is 49.6 Å². The second-order valence-electron chi connectivity index (χ2n) is 15.3. The van der Waals surface area contributed by atoms with Crippen LogP contribution in [0.4, 0.5) is 15.8 Å². The molecule has 0 aromatic heterocycles. The first kappa shape index (κ1) is 36.6. The third kappa shape index (κ3) is 8.17. The van der Waals surface area contributed by atoms with Crippen molar-refractivity contribution in [2.45, 2.75) is 50.5 Å². The number of phenolic OH excluding ortho intramolecular Hbond substituents is 1. The number of rotatable bonds is 6. The van der Waals surface area contributed by atoms with Gasteiger partial charge in [0.15, 0.2) is 0 Å². The van der Waals surface area contributed by atoms with E-state index in [1.807, 2.05) is 18.2 Å². The van der Waals surface area contributed by atoms with Crippen LogP contribution in [-0.4, -0.2) is 80.1 Å². The summed E-state index contributed by atoms with van der Waals surface area (Å²) in [5.41, 5.74) is 6.88. The highest BCUT2D eigenvalue weighted by atomic mass is 19.1. The van der Waals surface area contributed by atoms with Crippen LogP contribution in [-0.2, 0) is 16.1 Å². The molecule has 5 aliphatic rings. The van der Waals surface area contributed by atoms with Crippen LogP contribution in [0.15, 0.2) is 84.9 Å². The molecule has 55 heavy (non-hydrogen) atoms. The van der Waals surface area contributed by atoms with Crippen molar-refractivity contribution >= 4 is 29.1 Å². The average molecular weight is 746 g/mol. The van der Waals surface area contributed by atoms with Crippen LogP contribution in [0.5, 0.6) is 11.5 Å². The number of aromatic hydroxyl groups is 1. The summed E-state index contributed by atoms with van der Waals surface area (Å²) in [6.07, 6.45) is 4.05. The molecule has 3 fully saturated rings. The zero-order valence-electron chi connectivity index (χ0n) is 31.0. The van der Waals surface area contributed by atoms with Crippen LogP contribution in [0.1, 0.15) is 76.6 Å². The number of halogens is 1. The van der Waals surface area contributed by atoms with Crippen LogP contribution in [0.2, 0.25) is 0 Å². The quantitative estimate of drug-likeness (QED) is 0.208. The number of ether oxygens (including phenoxy) is 1. The van der Waals surface area contributed by atoms with Gasteiger partial charge >= 0.3 is 0 Å². The molecule has 4 aromatic rings. The smallest absolute Gasteiger partial charge is 0.252 e. The van der Waals surface area contributed by atoms with Gasteiger partial charge in [-0.15, -0.1) is 0 Å². The Bertz CT molecular complexity index is 2010. The summed E-state index contributed by atoms with van der Waals surface area (Å²) in [6.45, 7) is 7.67. The molecule has 5 heterocycles. The molecule has 11 heteroatoms. The topological polar surface area (TPSA) is 114 Å². The number of carbonyl (C=O) groups excluding carboxylic acids is 3. The molecule has 5 aliphatic heterocycles. The molecule has 0 saturated carbocycles. The van der Waals surface area contributed by atoms with Gasteiger partial charge in [0.2, 0.25) is 11.8 Å². The van der Waals surface area contributed by atoms with Crippen LogP contribution in [0.25, 0.3) is 0 Å². The van der Waals surface area contributed by atoms with E-state index in [1.165, 1.54) is 22.9 Å². The summed E-state index contributed by atoms with van der Waals surface area (Å²) < 4.78 is 21.0. The van der Waals surface area contributed by atoms with Crippen molar-refractivity contribution in [2.24, 2.45) is 5.92 Å². The highest BCUT2D eigenvalue weighted by molar-refractivity contribution is 5.99. The molecule has 286 valence electrons. The fourth-order valence-corrected chi connectivity index (χ4v) is 8.77. The van der Waals surface area contributed by atoms with Crippen molar-refractivity contribution in [2.75, 3.05) is 62.2 Å². The number of phenols is 1. The molecule has 3 saturated heterocycles. The number of anilines is 2. The number of piperidine rings is 2. The minimum Gasteiger partial charge on any atom is -0.508 e. The number of imide groups is 1. The number of nitrogens with zero attached hydrogens (tertiary/aromatic N) is 3. The van der Waals surface area contributed by atoms with E-state index in [2.05, 4.69) is 73.9 Å². The highest BCUT2D eigenvalue weighted by Gasteiger charge is 2.34. The molecule has 0 aliphatic carbocycles. The second-order valence-corrected chi connectivity index (χ2v) is 15.3. The van der Waals surface area contributed by atoms with Crippen molar-refractivity contribution in [3.63, 3.8) is 0 Å². The molecular weight excluding hydrogens is 698 g/mol. The van der Waals surface area contributed by atoms with Gasteiger partial charge in [-0.05, 0) is 72.2 Å². The van der Waals surface area contributed by atoms with Gasteiger partial charge in [0, 0.05) is 99.9 Å². The van der Waals surface area contributed by atoms with Crippen molar-refractivity contribution in [1.29, 1.82) is 0 Å². The van der Waals surface area contributed by atoms with Crippen LogP contribution in [0.3, 0.4) is 0 Å². The van der Waals surface area contributed by atoms with Crippen LogP contribution in [0, 0.1) is 11.7 Å². The standard InChI is InChI=1S/C39H41FN4O3.C5H7NO2/c40-35-22-33-29(23-41-39(33)46)20-36(35)44-18-16-42(17-19-44)24-26-12-14-43(15-13-26)30-8-6-28(7-9-30)38-32-11-10-31(45)21-37(32)47-25-34(38)27-4-2-1-3-5-27;7-4-2-1-3-5(8)6-4/h1-11,20-22,26,34,38,45H,12-19,23-25H2,(H,41,46);1-3H2,(H,6,7,8)/t34?,38-;/m1./s1. The first-order valence-electron chi connectivity index (χ1n) is 19.5. The van der Waals surface area contributed by atoms with E-state index in [4.69, 9.17) is 4.74 Å². The van der Waals surface area contributed by atoms with Gasteiger partial charge in [-0.1, -0.05) is 48.5 Å². The lowest BCUT2D eigenvalue weighted by Gasteiger charge is -2.40. The lowest BCUT2D eigenvalue weighted by molar-refractivity contribution is -0.132. The molecule has 0 bridgehead atoms. The predicted molar refractivity (Wildman–Crippen MR) is 209 cm³/mol. The van der Waals surface area contributed by atoms with Crippen molar-refractivity contribution < 1.29 is 28.6 Å². The van der Waals surface area contributed by atoms with Gasteiger partial charge in [0.1, 0.15) is 17.3 Å². The third-order valence-corrected chi connectivity index (χ3v) is 11.8. The Morgan fingerprint density at radius 3 is 2.20 bits per heavy atom. The summed E-state index contributed by atoms with van der Waals surface area (Å²) >= 11 is 0. The van der Waals surface area contributed by atoms with E-state index in [1.54, 1.807) is 12.1 Å². The molecule has 3 amide bonds. The lowest BCUT2D eigenvalue weighted by atomic mass is 9.76. The minimum absolute atomic E-state index is 0.138. The fraction of sp³-hybridized carbons (Fsp3) is 0.386. The Balaban J connectivity index is 0.000000477. The van der Waals surface area contributed by atoms with Crippen LogP contribution >= 0.6 is 0 Å². The number of benzene rings is 4. The number of fused-ring (bicyclic) bond motifs is 2. The number of hydrogen-bond donors (Lipinski definition) is 3. The third-order valence-electron chi connectivity index (χ3n) is 11.8. The molecule has 0 spiro atoms. The Hall–Kier alpha value is -5.42. The molecule has 9 rings (SSSR count). The fourth-order valence-electron chi connectivity index (χ4n) is 8.77. The number of carbonyl (C=O) groups is 3. The zero-order chi connectivity index (χ0) is 37.9. The Labute approximate surface area is 321 Å². The van der Waals surface area contributed by atoms with Crippen molar-refractivity contribution in [3.8, 4) is 11.5 Å². The summed E-state index contributed by atoms with van der Waals surface area (Å²) in [7, 11) is 0. The van der Waals surface area contributed by atoms with Gasteiger partial charge in [-0.25, -0.2) is 4.39 Å². The molecule has 1 unspecified atom stereocenters. The molecule has 3 N–H and O–H groups in total. The van der Waals surface area contributed by atoms with Gasteiger partial charge in [0.05, 0.1) is 12.3 Å². The summed E-state index contributed by atoms with van der Waals surface area (Å²) in [5, 5.41) is 15.1. The van der Waals surface area contributed by atoms with Crippen molar-refractivity contribution in [3.05, 3.63) is 119 Å². The summed E-state index contributed by atoms with van der Waals surface area (Å²) in [4.78, 5) is 39.8. The van der Waals surface area contributed by atoms with E-state index in [0.717, 1.165) is 75.5 Å². The Morgan fingerprint density at radius 1 is 0.782 bits per heavy atom. The van der Waals surface area contributed by atoms with E-state index < -0.39 is 0 Å². The maximum absolute atomic E-state index is 14.9. The normalized spacial score (nSPS) is 21.4. The largest absolute Gasteiger partial charge is 0.508 e. The molecule has 0 radical (unpaired) electrons. The summed E-state index contributed by atoms with van der Waals surface area (Å²) in [6, 6.07) is 28.5. The zero-order valence-corrected chi connectivity index (χ0v) is 31.0. The van der Waals surface area contributed by atoms with Crippen molar-refractivity contribution in [1.82, 2.24) is 15.5 Å².